The van der Waals surface area contributed by atoms with E-state index in [1.165, 1.54) is 88.2 Å². The van der Waals surface area contributed by atoms with Crippen LogP contribution in [0, 0.1) is 35.5 Å². The average molecular weight is 630 g/mol. The van der Waals surface area contributed by atoms with E-state index in [1.807, 2.05) is 36.4 Å². The Morgan fingerprint density at radius 2 is 0.818 bits per heavy atom. The first-order chi connectivity index (χ1) is 21.2. The van der Waals surface area contributed by atoms with Crippen LogP contribution < -0.4 is 20.9 Å². The zero-order chi connectivity index (χ0) is 29.8. The summed E-state index contributed by atoms with van der Waals surface area (Å²) in [5.41, 5.74) is 16.7. The standard InChI is InChI=1S/C38H42Cl2N2O2/c39-31-3-1-27(41)11-35(31)43-33-14-34(44-36-12-28(42)2-4-32(36)40)30(38-18-24-8-25(19-38)10-26(9-24)20-38)13-29(33)37-15-21-5-22(16-37)7-23(6-21)17-37/h1-4,11-14,21-26H,5-10,15-20,41-42H2. The molecule has 0 unspecified atom stereocenters. The van der Waals surface area contributed by atoms with Gasteiger partial charge in [-0.25, -0.2) is 0 Å². The van der Waals surface area contributed by atoms with E-state index < -0.39 is 0 Å². The Hall–Kier alpha value is -2.56. The Balaban J connectivity index is 1.25. The lowest BCUT2D eigenvalue weighted by Crippen LogP contribution is -2.50. The molecule has 0 radical (unpaired) electrons. The fourth-order valence-electron chi connectivity index (χ4n) is 11.9. The molecule has 8 bridgehead atoms. The van der Waals surface area contributed by atoms with E-state index >= 15 is 0 Å². The van der Waals surface area contributed by atoms with Crippen molar-refractivity contribution in [3.05, 3.63) is 69.7 Å². The van der Waals surface area contributed by atoms with E-state index in [9.17, 15) is 0 Å². The van der Waals surface area contributed by atoms with Crippen LogP contribution in [-0.2, 0) is 10.8 Å². The number of rotatable bonds is 6. The van der Waals surface area contributed by atoms with Crippen LogP contribution in [0.2, 0.25) is 10.0 Å². The molecule has 230 valence electrons. The van der Waals surface area contributed by atoms with Gasteiger partial charge in [-0.2, -0.15) is 0 Å². The molecular formula is C38H42Cl2N2O2. The van der Waals surface area contributed by atoms with Gasteiger partial charge in [-0.15, -0.1) is 0 Å². The highest BCUT2D eigenvalue weighted by Crippen LogP contribution is 2.66. The average Bonchev–Trinajstić information content (AvgIpc) is 2.95. The molecule has 0 spiro atoms. The van der Waals surface area contributed by atoms with Crippen molar-refractivity contribution in [1.82, 2.24) is 0 Å². The molecule has 8 aliphatic carbocycles. The van der Waals surface area contributed by atoms with Crippen molar-refractivity contribution in [2.24, 2.45) is 35.5 Å². The van der Waals surface area contributed by atoms with Crippen LogP contribution in [0.1, 0.15) is 88.2 Å². The van der Waals surface area contributed by atoms with Gasteiger partial charge in [-0.1, -0.05) is 23.2 Å². The van der Waals surface area contributed by atoms with Gasteiger partial charge in [0.15, 0.2) is 0 Å². The number of hydrogen-bond donors (Lipinski definition) is 2. The third-order valence-electron chi connectivity index (χ3n) is 12.7. The SMILES string of the molecule is Nc1ccc(Cl)c(Oc2cc(Oc3cc(N)ccc3Cl)c(C34CC5CC(CC(C5)C3)C4)cc2C23CC4CC(CC(C4)C2)C3)c1. The molecule has 8 saturated carbocycles. The molecule has 4 nitrogen and oxygen atoms in total. The minimum Gasteiger partial charge on any atom is -0.455 e. The highest BCUT2D eigenvalue weighted by Gasteiger charge is 2.55. The lowest BCUT2D eigenvalue weighted by atomic mass is 9.46. The van der Waals surface area contributed by atoms with Crippen LogP contribution in [0.3, 0.4) is 0 Å². The van der Waals surface area contributed by atoms with Crippen molar-refractivity contribution >= 4 is 34.6 Å². The van der Waals surface area contributed by atoms with E-state index in [2.05, 4.69) is 12.1 Å². The van der Waals surface area contributed by atoms with Crippen LogP contribution in [0.25, 0.3) is 0 Å². The summed E-state index contributed by atoms with van der Waals surface area (Å²) in [4.78, 5) is 0. The topological polar surface area (TPSA) is 70.5 Å². The Kier molecular flexibility index (Phi) is 6.28. The smallest absolute Gasteiger partial charge is 0.148 e. The van der Waals surface area contributed by atoms with Crippen molar-refractivity contribution < 1.29 is 9.47 Å². The molecule has 8 fully saturated rings. The van der Waals surface area contributed by atoms with Crippen molar-refractivity contribution in [3.63, 3.8) is 0 Å². The van der Waals surface area contributed by atoms with Gasteiger partial charge < -0.3 is 20.9 Å². The third kappa shape index (κ3) is 4.53. The highest BCUT2D eigenvalue weighted by atomic mass is 35.5. The number of ether oxygens (including phenoxy) is 2. The molecule has 6 heteroatoms. The Bertz CT molecular complexity index is 1460. The quantitative estimate of drug-likeness (QED) is 0.266. The van der Waals surface area contributed by atoms with Gasteiger partial charge in [0.2, 0.25) is 0 Å². The molecule has 0 amide bonds. The van der Waals surface area contributed by atoms with E-state index in [4.69, 9.17) is 44.1 Å². The van der Waals surface area contributed by atoms with Gasteiger partial charge in [0.1, 0.15) is 23.0 Å². The number of anilines is 2. The molecule has 0 aromatic heterocycles. The lowest BCUT2D eigenvalue weighted by molar-refractivity contribution is -0.00937. The molecule has 44 heavy (non-hydrogen) atoms. The predicted molar refractivity (Wildman–Crippen MR) is 178 cm³/mol. The van der Waals surface area contributed by atoms with E-state index in [1.54, 1.807) is 0 Å². The molecule has 3 aromatic rings. The number of benzene rings is 3. The summed E-state index contributed by atoms with van der Waals surface area (Å²) in [6, 6.07) is 15.7. The molecule has 0 heterocycles. The monoisotopic (exact) mass is 628 g/mol. The summed E-state index contributed by atoms with van der Waals surface area (Å²) in [6.07, 6.45) is 15.9. The molecule has 11 rings (SSSR count). The van der Waals surface area contributed by atoms with Gasteiger partial charge in [0.25, 0.3) is 0 Å². The molecular weight excluding hydrogens is 587 g/mol. The van der Waals surface area contributed by atoms with E-state index in [-0.39, 0.29) is 10.8 Å². The molecule has 4 N–H and O–H groups in total. The second-order valence-corrected chi connectivity index (χ2v) is 16.6. The minimum absolute atomic E-state index is 0.126. The first-order valence-corrected chi connectivity index (χ1v) is 17.6. The Labute approximate surface area is 270 Å². The van der Waals surface area contributed by atoms with Crippen LogP contribution >= 0.6 is 23.2 Å². The first kappa shape index (κ1) is 27.7. The van der Waals surface area contributed by atoms with Crippen LogP contribution in [0.5, 0.6) is 23.0 Å². The van der Waals surface area contributed by atoms with Crippen molar-refractivity contribution in [2.75, 3.05) is 11.5 Å². The fraction of sp³-hybridized carbons (Fsp3) is 0.526. The Morgan fingerprint density at radius 3 is 1.16 bits per heavy atom. The van der Waals surface area contributed by atoms with Gasteiger partial charge in [0.05, 0.1) is 10.0 Å². The van der Waals surface area contributed by atoms with Crippen LogP contribution in [0.4, 0.5) is 11.4 Å². The van der Waals surface area contributed by atoms with Crippen LogP contribution in [-0.4, -0.2) is 0 Å². The number of nitrogens with two attached hydrogens (primary N) is 2. The van der Waals surface area contributed by atoms with Crippen molar-refractivity contribution in [1.29, 1.82) is 0 Å². The van der Waals surface area contributed by atoms with Gasteiger partial charge >= 0.3 is 0 Å². The number of nitrogen functional groups attached to an aromatic ring is 2. The summed E-state index contributed by atoms with van der Waals surface area (Å²) in [6.45, 7) is 0. The molecule has 0 atom stereocenters. The molecule has 0 saturated heterocycles. The van der Waals surface area contributed by atoms with Gasteiger partial charge in [0, 0.05) is 40.7 Å². The normalized spacial score (nSPS) is 36.1. The zero-order valence-electron chi connectivity index (χ0n) is 25.3. The van der Waals surface area contributed by atoms with Gasteiger partial charge in [-0.05, 0) is 154 Å². The summed E-state index contributed by atoms with van der Waals surface area (Å²) in [5, 5.41) is 1.12. The lowest BCUT2D eigenvalue weighted by Gasteiger charge is -2.58. The molecule has 8 aliphatic rings. The van der Waals surface area contributed by atoms with E-state index in [0.717, 1.165) is 47.0 Å². The van der Waals surface area contributed by atoms with Crippen molar-refractivity contribution in [3.8, 4) is 23.0 Å². The van der Waals surface area contributed by atoms with Crippen molar-refractivity contribution in [2.45, 2.75) is 87.9 Å². The summed E-state index contributed by atoms with van der Waals surface area (Å²) in [5.74, 6) is 7.77. The first-order valence-electron chi connectivity index (χ1n) is 16.9. The largest absolute Gasteiger partial charge is 0.455 e. The van der Waals surface area contributed by atoms with Gasteiger partial charge in [-0.3, -0.25) is 0 Å². The number of halogens is 2. The second kappa shape index (κ2) is 9.97. The second-order valence-electron chi connectivity index (χ2n) is 15.8. The third-order valence-corrected chi connectivity index (χ3v) is 13.3. The fourth-order valence-corrected chi connectivity index (χ4v) is 12.2. The number of hydrogen-bond acceptors (Lipinski definition) is 4. The van der Waals surface area contributed by atoms with Crippen LogP contribution in [0.15, 0.2) is 48.5 Å². The van der Waals surface area contributed by atoms with E-state index in [0.29, 0.717) is 32.9 Å². The summed E-state index contributed by atoms with van der Waals surface area (Å²) in [7, 11) is 0. The maximum Gasteiger partial charge on any atom is 0.148 e. The highest BCUT2D eigenvalue weighted by molar-refractivity contribution is 6.32. The maximum absolute atomic E-state index is 6.87. The molecule has 3 aromatic carbocycles. The maximum atomic E-state index is 6.87. The minimum atomic E-state index is 0.126. The summed E-state index contributed by atoms with van der Waals surface area (Å²) >= 11 is 13.4. The summed E-state index contributed by atoms with van der Waals surface area (Å²) < 4.78 is 13.7. The predicted octanol–water partition coefficient (Wildman–Crippen LogP) is 10.7. The zero-order valence-corrected chi connectivity index (χ0v) is 26.8. The Morgan fingerprint density at radius 1 is 0.477 bits per heavy atom. The molecule has 0 aliphatic heterocycles.